The fourth-order valence-corrected chi connectivity index (χ4v) is 1.68. The fraction of sp³-hybridized carbons (Fsp3) is 0.0769. The number of anilines is 1. The van der Waals surface area contributed by atoms with Crippen LogP contribution >= 0.6 is 0 Å². The molecule has 0 aliphatic carbocycles. The number of amides is 1. The molecule has 3 N–H and O–H groups in total. The number of halogens is 1. The molecule has 0 saturated heterocycles. The molecule has 19 heavy (non-hydrogen) atoms. The number of H-pyrrole nitrogens is 1. The topological polar surface area (TPSA) is 82.2 Å². The van der Waals surface area contributed by atoms with Crippen LogP contribution in [0.25, 0.3) is 0 Å². The number of carboxylic acids is 1. The normalized spacial score (nSPS) is 10.2. The molecule has 0 bridgehead atoms. The Hall–Kier alpha value is -2.63. The highest BCUT2D eigenvalue weighted by Gasteiger charge is 2.16. The van der Waals surface area contributed by atoms with Crippen LogP contribution in [0.3, 0.4) is 0 Å². The van der Waals surface area contributed by atoms with Gasteiger partial charge in [0.1, 0.15) is 11.5 Å². The average Bonchev–Trinajstić information content (AvgIpc) is 2.70. The lowest BCUT2D eigenvalue weighted by molar-refractivity contribution is 0.0692. The van der Waals surface area contributed by atoms with Crippen molar-refractivity contribution in [2.45, 2.75) is 6.92 Å². The number of rotatable bonds is 3. The van der Waals surface area contributed by atoms with E-state index >= 15 is 0 Å². The van der Waals surface area contributed by atoms with Gasteiger partial charge in [-0.05, 0) is 31.2 Å². The lowest BCUT2D eigenvalue weighted by Gasteiger charge is -2.04. The molecule has 1 aromatic carbocycles. The van der Waals surface area contributed by atoms with Crippen LogP contribution in [0.4, 0.5) is 10.1 Å². The smallest absolute Gasteiger partial charge is 0.354 e. The molecule has 1 aromatic heterocycles. The minimum atomic E-state index is -1.18. The van der Waals surface area contributed by atoms with E-state index in [-0.39, 0.29) is 16.9 Å². The molecule has 0 atom stereocenters. The Balaban J connectivity index is 2.26. The first-order chi connectivity index (χ1) is 8.97. The molecule has 0 fully saturated rings. The molecule has 98 valence electrons. The van der Waals surface area contributed by atoms with Crippen molar-refractivity contribution >= 4 is 17.6 Å². The first-order valence-electron chi connectivity index (χ1n) is 5.47. The van der Waals surface area contributed by atoms with E-state index in [4.69, 9.17) is 5.11 Å². The van der Waals surface area contributed by atoms with Crippen LogP contribution in [0, 0.1) is 12.7 Å². The Morgan fingerprint density at radius 1 is 1.32 bits per heavy atom. The Labute approximate surface area is 108 Å². The predicted octanol–water partition coefficient (Wildman–Crippen LogP) is 2.41. The molecule has 2 rings (SSSR count). The molecule has 2 aromatic rings. The molecule has 6 heteroatoms. The Kier molecular flexibility index (Phi) is 3.33. The van der Waals surface area contributed by atoms with Gasteiger partial charge in [-0.25, -0.2) is 9.18 Å². The lowest BCUT2D eigenvalue weighted by atomic mass is 10.2. The summed E-state index contributed by atoms with van der Waals surface area (Å²) >= 11 is 0. The molecule has 0 aliphatic heterocycles. The van der Waals surface area contributed by atoms with E-state index in [0.29, 0.717) is 5.69 Å². The summed E-state index contributed by atoms with van der Waals surface area (Å²) in [6, 6.07) is 6.65. The summed E-state index contributed by atoms with van der Waals surface area (Å²) < 4.78 is 13.0. The van der Waals surface area contributed by atoms with E-state index in [1.807, 2.05) is 0 Å². The highest BCUT2D eigenvalue weighted by atomic mass is 19.1. The van der Waals surface area contributed by atoms with E-state index in [2.05, 4.69) is 10.3 Å². The van der Waals surface area contributed by atoms with Crippen LogP contribution in [0.2, 0.25) is 0 Å². The first-order valence-corrected chi connectivity index (χ1v) is 5.47. The number of carboxylic acid groups (broad SMARTS) is 1. The SMILES string of the molecule is Cc1cc(NC(=O)c2cccc(F)c2)c(C(=O)O)[nH]1. The van der Waals surface area contributed by atoms with E-state index in [1.54, 1.807) is 6.92 Å². The highest BCUT2D eigenvalue weighted by molar-refractivity contribution is 6.07. The van der Waals surface area contributed by atoms with Crippen molar-refractivity contribution in [3.63, 3.8) is 0 Å². The zero-order valence-corrected chi connectivity index (χ0v) is 10.0. The number of aryl methyl sites for hydroxylation is 1. The van der Waals surface area contributed by atoms with Gasteiger partial charge in [0.15, 0.2) is 0 Å². The fourth-order valence-electron chi connectivity index (χ4n) is 1.68. The van der Waals surface area contributed by atoms with Crippen LogP contribution < -0.4 is 5.32 Å². The first kappa shape index (κ1) is 12.8. The second kappa shape index (κ2) is 4.93. The predicted molar refractivity (Wildman–Crippen MR) is 66.8 cm³/mol. The second-order valence-electron chi connectivity index (χ2n) is 4.01. The van der Waals surface area contributed by atoms with Gasteiger partial charge in [0.05, 0.1) is 5.69 Å². The molecule has 0 spiro atoms. The van der Waals surface area contributed by atoms with Gasteiger partial charge in [-0.1, -0.05) is 6.07 Å². The summed E-state index contributed by atoms with van der Waals surface area (Å²) in [5.41, 5.74) is 0.767. The summed E-state index contributed by atoms with van der Waals surface area (Å²) in [7, 11) is 0. The second-order valence-corrected chi connectivity index (χ2v) is 4.01. The molecule has 5 nitrogen and oxygen atoms in total. The molecule has 0 aliphatic rings. The largest absolute Gasteiger partial charge is 0.477 e. The summed E-state index contributed by atoms with van der Waals surface area (Å²) in [5.74, 6) is -2.28. The van der Waals surface area contributed by atoms with Gasteiger partial charge >= 0.3 is 5.97 Å². The van der Waals surface area contributed by atoms with Crippen molar-refractivity contribution in [3.05, 3.63) is 53.1 Å². The van der Waals surface area contributed by atoms with Crippen LogP contribution in [-0.2, 0) is 0 Å². The van der Waals surface area contributed by atoms with E-state index in [9.17, 15) is 14.0 Å². The van der Waals surface area contributed by atoms with Gasteiger partial charge in [0, 0.05) is 11.3 Å². The third-order valence-electron chi connectivity index (χ3n) is 2.50. The number of carbonyl (C=O) groups is 2. The number of carbonyl (C=O) groups excluding carboxylic acids is 1. The molecular weight excluding hydrogens is 251 g/mol. The van der Waals surface area contributed by atoms with Gasteiger partial charge in [-0.2, -0.15) is 0 Å². The molecule has 0 saturated carbocycles. The summed E-state index contributed by atoms with van der Waals surface area (Å²) in [5, 5.41) is 11.4. The van der Waals surface area contributed by atoms with Crippen LogP contribution in [0.5, 0.6) is 0 Å². The summed E-state index contributed by atoms with van der Waals surface area (Å²) in [6.07, 6.45) is 0. The number of nitrogens with one attached hydrogen (secondary N) is 2. The van der Waals surface area contributed by atoms with Gasteiger partial charge in [0.2, 0.25) is 0 Å². The number of hydrogen-bond acceptors (Lipinski definition) is 2. The third kappa shape index (κ3) is 2.79. The lowest BCUT2D eigenvalue weighted by Crippen LogP contribution is -2.14. The summed E-state index contributed by atoms with van der Waals surface area (Å²) in [4.78, 5) is 25.5. The number of aromatic carboxylic acids is 1. The maximum Gasteiger partial charge on any atom is 0.354 e. The molecule has 1 amide bonds. The molecule has 0 radical (unpaired) electrons. The van der Waals surface area contributed by atoms with Crippen molar-refractivity contribution < 1.29 is 19.1 Å². The third-order valence-corrected chi connectivity index (χ3v) is 2.50. The van der Waals surface area contributed by atoms with Crippen LogP contribution in [-0.4, -0.2) is 22.0 Å². The molecular formula is C13H11FN2O3. The van der Waals surface area contributed by atoms with Crippen molar-refractivity contribution in [1.82, 2.24) is 4.98 Å². The van der Waals surface area contributed by atoms with E-state index in [0.717, 1.165) is 6.07 Å². The van der Waals surface area contributed by atoms with E-state index in [1.165, 1.54) is 24.3 Å². The monoisotopic (exact) mass is 262 g/mol. The summed E-state index contributed by atoms with van der Waals surface area (Å²) in [6.45, 7) is 1.67. The minimum Gasteiger partial charge on any atom is -0.477 e. The van der Waals surface area contributed by atoms with Gasteiger partial charge in [-0.15, -0.1) is 0 Å². The number of benzene rings is 1. The molecule has 1 heterocycles. The standard InChI is InChI=1S/C13H11FN2O3/c1-7-5-10(11(15-7)13(18)19)16-12(17)8-3-2-4-9(14)6-8/h2-6,15H,1H3,(H,16,17)(H,18,19). The van der Waals surface area contributed by atoms with Crippen molar-refractivity contribution in [2.75, 3.05) is 5.32 Å². The zero-order valence-electron chi connectivity index (χ0n) is 10.0. The van der Waals surface area contributed by atoms with Crippen LogP contribution in [0.15, 0.2) is 30.3 Å². The Bertz CT molecular complexity index is 649. The molecule has 0 unspecified atom stereocenters. The number of aromatic nitrogens is 1. The Morgan fingerprint density at radius 2 is 2.05 bits per heavy atom. The maximum atomic E-state index is 13.0. The quantitative estimate of drug-likeness (QED) is 0.794. The Morgan fingerprint density at radius 3 is 2.68 bits per heavy atom. The van der Waals surface area contributed by atoms with Gasteiger partial charge in [0.25, 0.3) is 5.91 Å². The number of hydrogen-bond donors (Lipinski definition) is 3. The maximum absolute atomic E-state index is 13.0. The number of aromatic amines is 1. The zero-order chi connectivity index (χ0) is 14.0. The minimum absolute atomic E-state index is 0.109. The highest BCUT2D eigenvalue weighted by Crippen LogP contribution is 2.18. The van der Waals surface area contributed by atoms with Crippen molar-refractivity contribution in [1.29, 1.82) is 0 Å². The van der Waals surface area contributed by atoms with Crippen molar-refractivity contribution in [2.24, 2.45) is 0 Å². The van der Waals surface area contributed by atoms with Crippen molar-refractivity contribution in [3.8, 4) is 0 Å². The van der Waals surface area contributed by atoms with Gasteiger partial charge in [-0.3, -0.25) is 4.79 Å². The average molecular weight is 262 g/mol. The van der Waals surface area contributed by atoms with Gasteiger partial charge < -0.3 is 15.4 Å². The van der Waals surface area contributed by atoms with E-state index < -0.39 is 17.7 Å². The van der Waals surface area contributed by atoms with Crippen LogP contribution in [0.1, 0.15) is 26.5 Å².